The van der Waals surface area contributed by atoms with Gasteiger partial charge in [0.05, 0.1) is 0 Å². The van der Waals surface area contributed by atoms with E-state index < -0.39 is 0 Å². The van der Waals surface area contributed by atoms with Crippen LogP contribution >= 0.6 is 11.3 Å². The molecular weight excluding hydrogens is 276 g/mol. The van der Waals surface area contributed by atoms with Gasteiger partial charge in [0.1, 0.15) is 5.01 Å². The molecule has 0 unspecified atom stereocenters. The van der Waals surface area contributed by atoms with Gasteiger partial charge in [-0.05, 0) is 19.3 Å². The van der Waals surface area contributed by atoms with E-state index in [1.54, 1.807) is 0 Å². The lowest BCUT2D eigenvalue weighted by Crippen LogP contribution is -2.28. The summed E-state index contributed by atoms with van der Waals surface area (Å²) in [6.07, 6.45) is 18.8. The average molecular weight is 309 g/mol. The summed E-state index contributed by atoms with van der Waals surface area (Å²) in [4.78, 5) is 5.94. The molecule has 1 fully saturated rings. The van der Waals surface area contributed by atoms with Crippen molar-refractivity contribution in [1.82, 2.24) is 10.3 Å². The summed E-state index contributed by atoms with van der Waals surface area (Å²) >= 11 is 1.87. The Morgan fingerprint density at radius 1 is 1.00 bits per heavy atom. The summed E-state index contributed by atoms with van der Waals surface area (Å²) in [5.74, 6) is 0. The van der Waals surface area contributed by atoms with Crippen LogP contribution in [0, 0.1) is 0 Å². The maximum atomic E-state index is 4.53. The fourth-order valence-corrected chi connectivity index (χ4v) is 4.01. The number of aryl methyl sites for hydroxylation is 1. The van der Waals surface area contributed by atoms with E-state index in [4.69, 9.17) is 0 Å². The molecule has 1 heterocycles. The number of nitrogens with zero attached hydrogens (tertiary/aromatic N) is 1. The lowest BCUT2D eigenvalue weighted by molar-refractivity contribution is 0.403. The maximum Gasteiger partial charge on any atom is 0.107 e. The van der Waals surface area contributed by atoms with Gasteiger partial charge in [0.2, 0.25) is 0 Å². The fraction of sp³-hybridized carbons (Fsp3) is 0.833. The van der Waals surface area contributed by atoms with E-state index in [0.717, 1.165) is 13.0 Å². The van der Waals surface area contributed by atoms with Crippen molar-refractivity contribution in [2.75, 3.05) is 0 Å². The monoisotopic (exact) mass is 308 g/mol. The highest BCUT2D eigenvalue weighted by atomic mass is 32.1. The molecule has 1 aromatic rings. The second kappa shape index (κ2) is 10.3. The number of thiazole rings is 1. The zero-order valence-electron chi connectivity index (χ0n) is 13.7. The third kappa shape index (κ3) is 6.92. The molecule has 21 heavy (non-hydrogen) atoms. The Bertz CT molecular complexity index is 363. The first kappa shape index (κ1) is 17.0. The topological polar surface area (TPSA) is 24.9 Å². The van der Waals surface area contributed by atoms with Crippen LogP contribution in [0.1, 0.15) is 87.4 Å². The van der Waals surface area contributed by atoms with E-state index in [-0.39, 0.29) is 0 Å². The molecule has 1 aromatic heterocycles. The van der Waals surface area contributed by atoms with Crippen LogP contribution in [0.15, 0.2) is 6.20 Å². The van der Waals surface area contributed by atoms with Crippen LogP contribution in [0.3, 0.4) is 0 Å². The van der Waals surface area contributed by atoms with E-state index in [0.29, 0.717) is 6.04 Å². The fourth-order valence-electron chi connectivity index (χ4n) is 3.19. The van der Waals surface area contributed by atoms with Crippen molar-refractivity contribution in [3.63, 3.8) is 0 Å². The highest BCUT2D eigenvalue weighted by molar-refractivity contribution is 7.11. The Hall–Kier alpha value is -0.410. The zero-order valence-corrected chi connectivity index (χ0v) is 14.5. The Labute approximate surface area is 134 Å². The molecule has 1 aliphatic carbocycles. The highest BCUT2D eigenvalue weighted by Crippen LogP contribution is 2.18. The third-order valence-corrected chi connectivity index (χ3v) is 5.74. The van der Waals surface area contributed by atoms with Gasteiger partial charge in [0.25, 0.3) is 0 Å². The number of hydrogen-bond acceptors (Lipinski definition) is 3. The minimum atomic E-state index is 0.707. The minimum Gasteiger partial charge on any atom is -0.308 e. The summed E-state index contributed by atoms with van der Waals surface area (Å²) in [6.45, 7) is 3.17. The van der Waals surface area contributed by atoms with Gasteiger partial charge in [0.15, 0.2) is 0 Å². The molecule has 0 atom stereocenters. The average Bonchev–Trinajstić information content (AvgIpc) is 2.95. The van der Waals surface area contributed by atoms with Crippen LogP contribution in [0.25, 0.3) is 0 Å². The summed E-state index contributed by atoms with van der Waals surface area (Å²) in [6, 6.07) is 0.707. The second-order valence-corrected chi connectivity index (χ2v) is 7.61. The molecule has 0 aromatic carbocycles. The van der Waals surface area contributed by atoms with Gasteiger partial charge in [-0.15, -0.1) is 11.3 Å². The van der Waals surface area contributed by atoms with Gasteiger partial charge in [0, 0.05) is 23.7 Å². The summed E-state index contributed by atoms with van der Waals surface area (Å²) in [7, 11) is 0. The van der Waals surface area contributed by atoms with Crippen LogP contribution in [0.2, 0.25) is 0 Å². The van der Waals surface area contributed by atoms with Crippen molar-refractivity contribution in [2.24, 2.45) is 0 Å². The Morgan fingerprint density at radius 3 is 2.10 bits per heavy atom. The summed E-state index contributed by atoms with van der Waals surface area (Å²) < 4.78 is 0. The lowest BCUT2D eigenvalue weighted by Gasteiger charge is -2.19. The first-order valence-corrected chi connectivity index (χ1v) is 9.87. The second-order valence-electron chi connectivity index (χ2n) is 6.41. The van der Waals surface area contributed by atoms with Crippen molar-refractivity contribution in [2.45, 2.75) is 96.6 Å². The minimum absolute atomic E-state index is 0.707. The molecule has 1 N–H and O–H groups in total. The van der Waals surface area contributed by atoms with Crippen LogP contribution in [0.4, 0.5) is 0 Å². The van der Waals surface area contributed by atoms with E-state index in [2.05, 4.69) is 17.2 Å². The maximum absolute atomic E-state index is 4.53. The van der Waals surface area contributed by atoms with Crippen LogP contribution in [-0.2, 0) is 13.0 Å². The normalized spacial score (nSPS) is 19.9. The molecule has 120 valence electrons. The van der Waals surface area contributed by atoms with E-state index in [9.17, 15) is 0 Å². The SMILES string of the molecule is CCc1cnc(CNC2CCCCCCCCCCC2)s1. The van der Waals surface area contributed by atoms with Gasteiger partial charge in [-0.1, -0.05) is 64.7 Å². The van der Waals surface area contributed by atoms with E-state index in [1.807, 2.05) is 17.5 Å². The molecule has 0 aliphatic heterocycles. The van der Waals surface area contributed by atoms with Crippen LogP contribution < -0.4 is 5.32 Å². The van der Waals surface area contributed by atoms with Gasteiger partial charge < -0.3 is 5.32 Å². The van der Waals surface area contributed by atoms with Crippen molar-refractivity contribution in [1.29, 1.82) is 0 Å². The molecule has 0 amide bonds. The van der Waals surface area contributed by atoms with Crippen LogP contribution in [0.5, 0.6) is 0 Å². The number of aromatic nitrogens is 1. The number of nitrogens with one attached hydrogen (secondary N) is 1. The van der Waals surface area contributed by atoms with E-state index >= 15 is 0 Å². The van der Waals surface area contributed by atoms with Crippen molar-refractivity contribution < 1.29 is 0 Å². The largest absolute Gasteiger partial charge is 0.308 e. The third-order valence-electron chi connectivity index (χ3n) is 4.60. The molecule has 0 bridgehead atoms. The van der Waals surface area contributed by atoms with Gasteiger partial charge in [-0.3, -0.25) is 0 Å². The highest BCUT2D eigenvalue weighted by Gasteiger charge is 2.10. The standard InChI is InChI=1S/C18H32N2S/c1-2-17-14-20-18(21-17)15-19-16-12-10-8-6-4-3-5-7-9-11-13-16/h14,16,19H,2-13,15H2,1H3. The number of rotatable bonds is 4. The quantitative estimate of drug-likeness (QED) is 0.798. The smallest absolute Gasteiger partial charge is 0.107 e. The molecular formula is C18H32N2S. The molecule has 0 spiro atoms. The lowest BCUT2D eigenvalue weighted by atomic mass is 9.98. The van der Waals surface area contributed by atoms with Gasteiger partial charge >= 0.3 is 0 Å². The molecule has 0 saturated heterocycles. The van der Waals surface area contributed by atoms with Crippen molar-refractivity contribution in [3.05, 3.63) is 16.1 Å². The summed E-state index contributed by atoms with van der Waals surface area (Å²) in [5, 5.41) is 5.04. The Kier molecular flexibility index (Phi) is 8.35. The summed E-state index contributed by atoms with van der Waals surface area (Å²) in [5.41, 5.74) is 0. The van der Waals surface area contributed by atoms with Gasteiger partial charge in [-0.2, -0.15) is 0 Å². The molecule has 1 aliphatic rings. The van der Waals surface area contributed by atoms with Crippen LogP contribution in [-0.4, -0.2) is 11.0 Å². The Morgan fingerprint density at radius 2 is 1.57 bits per heavy atom. The molecule has 3 heteroatoms. The molecule has 2 rings (SSSR count). The first-order valence-electron chi connectivity index (χ1n) is 9.05. The zero-order chi connectivity index (χ0) is 14.8. The molecule has 2 nitrogen and oxygen atoms in total. The van der Waals surface area contributed by atoms with Crippen molar-refractivity contribution >= 4 is 11.3 Å². The molecule has 1 saturated carbocycles. The predicted octanol–water partition coefficient (Wildman–Crippen LogP) is 5.47. The first-order chi connectivity index (χ1) is 10.4. The van der Waals surface area contributed by atoms with Gasteiger partial charge in [-0.25, -0.2) is 4.98 Å². The van der Waals surface area contributed by atoms with Crippen molar-refractivity contribution in [3.8, 4) is 0 Å². The van der Waals surface area contributed by atoms with E-state index in [1.165, 1.54) is 80.5 Å². The predicted molar refractivity (Wildman–Crippen MR) is 92.9 cm³/mol. The molecule has 0 radical (unpaired) electrons. The number of hydrogen-bond donors (Lipinski definition) is 1. The Balaban J connectivity index is 1.74.